The van der Waals surface area contributed by atoms with E-state index in [0.717, 1.165) is 0 Å². The molecule has 0 bridgehead atoms. The first kappa shape index (κ1) is 9.80. The minimum atomic E-state index is -0.658. The van der Waals surface area contributed by atoms with Crippen molar-refractivity contribution < 1.29 is 14.2 Å². The lowest BCUT2D eigenvalue weighted by Gasteiger charge is -2.09. The third-order valence-electron chi connectivity index (χ3n) is 1.80. The van der Waals surface area contributed by atoms with Gasteiger partial charge in [0.1, 0.15) is 6.67 Å². The zero-order chi connectivity index (χ0) is 9.84. The molecule has 0 spiro atoms. The first-order valence-electron chi connectivity index (χ1n) is 3.87. The minimum Gasteiger partial charge on any atom is -0.504 e. The molecule has 72 valence electrons. The molecule has 4 heteroatoms. The SMILES string of the molecule is COc1cc([C@H](N)CF)ccc1O. The van der Waals surface area contributed by atoms with Crippen molar-refractivity contribution in [1.82, 2.24) is 0 Å². The smallest absolute Gasteiger partial charge is 0.160 e. The molecule has 0 aliphatic rings. The molecule has 0 aliphatic heterocycles. The molecule has 0 heterocycles. The number of ether oxygens (including phenoxy) is 1. The van der Waals surface area contributed by atoms with Crippen LogP contribution >= 0.6 is 0 Å². The van der Waals surface area contributed by atoms with E-state index in [4.69, 9.17) is 10.5 Å². The van der Waals surface area contributed by atoms with Gasteiger partial charge in [0.05, 0.1) is 13.2 Å². The van der Waals surface area contributed by atoms with Crippen molar-refractivity contribution in [3.05, 3.63) is 23.8 Å². The summed E-state index contributed by atoms with van der Waals surface area (Å²) in [6, 6.07) is 3.88. The molecule has 0 radical (unpaired) electrons. The van der Waals surface area contributed by atoms with Crippen LogP contribution in [0.15, 0.2) is 18.2 Å². The number of alkyl halides is 1. The summed E-state index contributed by atoms with van der Waals surface area (Å²) < 4.78 is 17.0. The van der Waals surface area contributed by atoms with Crippen molar-refractivity contribution in [3.63, 3.8) is 0 Å². The van der Waals surface area contributed by atoms with Crippen LogP contribution < -0.4 is 10.5 Å². The highest BCUT2D eigenvalue weighted by molar-refractivity contribution is 5.42. The molecule has 3 nitrogen and oxygen atoms in total. The summed E-state index contributed by atoms with van der Waals surface area (Å²) in [5, 5.41) is 9.23. The predicted molar refractivity (Wildman–Crippen MR) is 47.6 cm³/mol. The summed E-state index contributed by atoms with van der Waals surface area (Å²) >= 11 is 0. The van der Waals surface area contributed by atoms with E-state index in [1.165, 1.54) is 19.2 Å². The molecule has 3 N–H and O–H groups in total. The van der Waals surface area contributed by atoms with E-state index in [1.807, 2.05) is 0 Å². The fourth-order valence-electron chi connectivity index (χ4n) is 1.01. The zero-order valence-corrected chi connectivity index (χ0v) is 7.33. The van der Waals surface area contributed by atoms with Crippen LogP contribution in [0.1, 0.15) is 11.6 Å². The Bertz CT molecular complexity index is 291. The summed E-state index contributed by atoms with van der Waals surface area (Å²) in [7, 11) is 1.43. The lowest BCUT2D eigenvalue weighted by molar-refractivity contribution is 0.371. The highest BCUT2D eigenvalue weighted by Crippen LogP contribution is 2.28. The molecule has 0 saturated heterocycles. The van der Waals surface area contributed by atoms with Crippen LogP contribution in [0.25, 0.3) is 0 Å². The second kappa shape index (κ2) is 4.09. The molecule has 0 fully saturated rings. The Morgan fingerprint density at radius 1 is 1.62 bits per heavy atom. The van der Waals surface area contributed by atoms with E-state index < -0.39 is 12.7 Å². The molecule has 0 aliphatic carbocycles. The van der Waals surface area contributed by atoms with Gasteiger partial charge in [0.15, 0.2) is 11.5 Å². The molecule has 13 heavy (non-hydrogen) atoms. The van der Waals surface area contributed by atoms with Crippen molar-refractivity contribution in [2.45, 2.75) is 6.04 Å². The van der Waals surface area contributed by atoms with Gasteiger partial charge in [-0.25, -0.2) is 4.39 Å². The van der Waals surface area contributed by atoms with Crippen molar-refractivity contribution in [2.24, 2.45) is 5.73 Å². The van der Waals surface area contributed by atoms with Crippen molar-refractivity contribution in [2.75, 3.05) is 13.8 Å². The van der Waals surface area contributed by atoms with Gasteiger partial charge in [-0.2, -0.15) is 0 Å². The summed E-state index contributed by atoms with van der Waals surface area (Å²) in [6.07, 6.45) is 0. The molecule has 1 aromatic rings. The van der Waals surface area contributed by atoms with E-state index in [2.05, 4.69) is 0 Å². The Kier molecular flexibility index (Phi) is 3.08. The topological polar surface area (TPSA) is 55.5 Å². The number of phenolic OH excluding ortho intramolecular Hbond substituents is 1. The van der Waals surface area contributed by atoms with Crippen LogP contribution in [0.3, 0.4) is 0 Å². The second-order valence-corrected chi connectivity index (χ2v) is 2.69. The van der Waals surface area contributed by atoms with Crippen LogP contribution in [0.5, 0.6) is 11.5 Å². The van der Waals surface area contributed by atoms with Crippen molar-refractivity contribution in [1.29, 1.82) is 0 Å². The quantitative estimate of drug-likeness (QED) is 0.747. The van der Waals surface area contributed by atoms with Gasteiger partial charge in [0.2, 0.25) is 0 Å². The van der Waals surface area contributed by atoms with Crippen molar-refractivity contribution in [3.8, 4) is 11.5 Å². The predicted octanol–water partition coefficient (Wildman–Crippen LogP) is 1.37. The molecule has 0 saturated carbocycles. The molecule has 1 rings (SSSR count). The average molecular weight is 185 g/mol. The molecular formula is C9H12FNO2. The third kappa shape index (κ3) is 2.09. The van der Waals surface area contributed by atoms with Crippen LogP contribution in [0.2, 0.25) is 0 Å². The summed E-state index contributed by atoms with van der Waals surface area (Å²) in [4.78, 5) is 0. The number of aromatic hydroxyl groups is 1. The number of hydrogen-bond acceptors (Lipinski definition) is 3. The minimum absolute atomic E-state index is 0.0253. The van der Waals surface area contributed by atoms with Crippen molar-refractivity contribution >= 4 is 0 Å². The largest absolute Gasteiger partial charge is 0.504 e. The Morgan fingerprint density at radius 2 is 2.31 bits per heavy atom. The van der Waals surface area contributed by atoms with E-state index in [9.17, 15) is 9.50 Å². The molecule has 1 aromatic carbocycles. The monoisotopic (exact) mass is 185 g/mol. The standard InChI is InChI=1S/C9H12FNO2/c1-13-9-4-6(7(11)5-10)2-3-8(9)12/h2-4,7,12H,5,11H2,1H3/t7-/m1/s1. The summed E-state index contributed by atoms with van der Waals surface area (Å²) in [6.45, 7) is -0.631. The normalized spacial score (nSPS) is 12.5. The Labute approximate surface area is 75.9 Å². The van der Waals surface area contributed by atoms with Gasteiger partial charge in [-0.3, -0.25) is 0 Å². The van der Waals surface area contributed by atoms with Gasteiger partial charge < -0.3 is 15.6 Å². The Morgan fingerprint density at radius 3 is 2.85 bits per heavy atom. The number of rotatable bonds is 3. The maximum atomic E-state index is 12.2. The van der Waals surface area contributed by atoms with Crippen LogP contribution in [0, 0.1) is 0 Å². The number of benzene rings is 1. The highest BCUT2D eigenvalue weighted by Gasteiger charge is 2.08. The van der Waals surface area contributed by atoms with E-state index in [-0.39, 0.29) is 5.75 Å². The maximum absolute atomic E-state index is 12.2. The van der Waals surface area contributed by atoms with Crippen LogP contribution in [0.4, 0.5) is 4.39 Å². The number of hydrogen-bond donors (Lipinski definition) is 2. The Hall–Kier alpha value is -1.29. The first-order valence-corrected chi connectivity index (χ1v) is 3.87. The lowest BCUT2D eigenvalue weighted by atomic mass is 10.1. The van der Waals surface area contributed by atoms with Gasteiger partial charge >= 0.3 is 0 Å². The molecule has 0 unspecified atom stereocenters. The van der Waals surface area contributed by atoms with E-state index in [0.29, 0.717) is 11.3 Å². The van der Waals surface area contributed by atoms with Gasteiger partial charge in [-0.05, 0) is 17.7 Å². The second-order valence-electron chi connectivity index (χ2n) is 2.69. The fourth-order valence-corrected chi connectivity index (χ4v) is 1.01. The van der Waals surface area contributed by atoms with Crippen LogP contribution in [-0.4, -0.2) is 18.9 Å². The maximum Gasteiger partial charge on any atom is 0.160 e. The average Bonchev–Trinajstić information content (AvgIpc) is 2.17. The first-order chi connectivity index (χ1) is 6.19. The van der Waals surface area contributed by atoms with Crippen LogP contribution in [-0.2, 0) is 0 Å². The zero-order valence-electron chi connectivity index (χ0n) is 7.33. The number of phenols is 1. The summed E-state index contributed by atoms with van der Waals surface area (Å²) in [5.41, 5.74) is 6.06. The number of nitrogens with two attached hydrogens (primary N) is 1. The van der Waals surface area contributed by atoms with Gasteiger partial charge in [0.25, 0.3) is 0 Å². The molecule has 1 atom stereocenters. The number of methoxy groups -OCH3 is 1. The van der Waals surface area contributed by atoms with E-state index >= 15 is 0 Å². The summed E-state index contributed by atoms with van der Waals surface area (Å²) in [5.74, 6) is 0.332. The van der Waals surface area contributed by atoms with Gasteiger partial charge in [-0.15, -0.1) is 0 Å². The Balaban J connectivity index is 2.99. The highest BCUT2D eigenvalue weighted by atomic mass is 19.1. The van der Waals surface area contributed by atoms with E-state index in [1.54, 1.807) is 6.07 Å². The fraction of sp³-hybridized carbons (Fsp3) is 0.333. The van der Waals surface area contributed by atoms with Gasteiger partial charge in [-0.1, -0.05) is 6.07 Å². The number of halogens is 1. The van der Waals surface area contributed by atoms with Gasteiger partial charge in [0, 0.05) is 0 Å². The molecule has 0 amide bonds. The lowest BCUT2D eigenvalue weighted by Crippen LogP contribution is -2.11. The molecular weight excluding hydrogens is 173 g/mol. The third-order valence-corrected chi connectivity index (χ3v) is 1.80. The molecule has 0 aromatic heterocycles.